The van der Waals surface area contributed by atoms with Crippen molar-refractivity contribution in [1.29, 1.82) is 0 Å². The van der Waals surface area contributed by atoms with Gasteiger partial charge in [-0.1, -0.05) is 39.7 Å². The number of benzene rings is 2. The molecule has 0 aliphatic rings. The fourth-order valence-electron chi connectivity index (χ4n) is 1.88. The summed E-state index contributed by atoms with van der Waals surface area (Å²) in [5, 5.41) is 0. The highest BCUT2D eigenvalue weighted by molar-refractivity contribution is 9.10. The second kappa shape index (κ2) is 5.88. The predicted molar refractivity (Wildman–Crippen MR) is 84.6 cm³/mol. The fourth-order valence-corrected chi connectivity index (χ4v) is 3.73. The molecule has 0 bridgehead atoms. The molecule has 1 atom stereocenters. The summed E-state index contributed by atoms with van der Waals surface area (Å²) in [5.41, 5.74) is 9.92. The summed E-state index contributed by atoms with van der Waals surface area (Å²) in [6.07, 6.45) is 0. The first-order valence-corrected chi connectivity index (χ1v) is 8.08. The molecular weight excluding hydrogens is 322 g/mol. The van der Waals surface area contributed by atoms with Crippen LogP contribution in [-0.4, -0.2) is 4.21 Å². The van der Waals surface area contributed by atoms with Crippen molar-refractivity contribution in [3.63, 3.8) is 0 Å². The quantitative estimate of drug-likeness (QED) is 0.861. The smallest absolute Gasteiger partial charge is 0.0632 e. The van der Waals surface area contributed by atoms with Crippen molar-refractivity contribution in [1.82, 2.24) is 0 Å². The number of aryl methyl sites for hydroxylation is 2. The lowest BCUT2D eigenvalue weighted by atomic mass is 10.1. The molecule has 100 valence electrons. The van der Waals surface area contributed by atoms with E-state index in [2.05, 4.69) is 34.1 Å². The van der Waals surface area contributed by atoms with Gasteiger partial charge in [-0.15, -0.1) is 0 Å². The van der Waals surface area contributed by atoms with Crippen molar-refractivity contribution in [3.05, 3.63) is 57.6 Å². The van der Waals surface area contributed by atoms with Crippen LogP contribution >= 0.6 is 15.9 Å². The molecule has 0 aliphatic heterocycles. The Morgan fingerprint density at radius 2 is 1.89 bits per heavy atom. The molecule has 0 radical (unpaired) electrons. The van der Waals surface area contributed by atoms with E-state index in [0.717, 1.165) is 15.6 Å². The van der Waals surface area contributed by atoms with Crippen LogP contribution in [0.1, 0.15) is 16.7 Å². The lowest BCUT2D eigenvalue weighted by Crippen LogP contribution is -2.02. The van der Waals surface area contributed by atoms with Crippen LogP contribution in [0.25, 0.3) is 0 Å². The van der Waals surface area contributed by atoms with E-state index in [1.54, 1.807) is 6.07 Å². The first-order chi connectivity index (χ1) is 8.97. The summed E-state index contributed by atoms with van der Waals surface area (Å²) in [5.74, 6) is 0.494. The van der Waals surface area contributed by atoms with Crippen molar-refractivity contribution >= 4 is 32.4 Å². The Labute approximate surface area is 124 Å². The molecule has 0 fully saturated rings. The lowest BCUT2D eigenvalue weighted by Gasteiger charge is -2.09. The van der Waals surface area contributed by atoms with Crippen LogP contribution in [-0.2, 0) is 16.6 Å². The Hall–Kier alpha value is -1.13. The molecule has 0 saturated heterocycles. The summed E-state index contributed by atoms with van der Waals surface area (Å²) in [4.78, 5) is 0.690. The highest BCUT2D eigenvalue weighted by Crippen LogP contribution is 2.24. The van der Waals surface area contributed by atoms with Gasteiger partial charge in [0.25, 0.3) is 0 Å². The summed E-state index contributed by atoms with van der Waals surface area (Å²) < 4.78 is 13.4. The molecular formula is C15H16BrNOS. The van der Waals surface area contributed by atoms with Crippen molar-refractivity contribution in [2.75, 3.05) is 5.73 Å². The molecule has 2 N–H and O–H groups in total. The van der Waals surface area contributed by atoms with Gasteiger partial charge in [0.1, 0.15) is 0 Å². The van der Waals surface area contributed by atoms with Gasteiger partial charge < -0.3 is 5.73 Å². The summed E-state index contributed by atoms with van der Waals surface area (Å²) in [6, 6.07) is 11.7. The van der Waals surface area contributed by atoms with E-state index in [0.29, 0.717) is 16.3 Å². The van der Waals surface area contributed by atoms with Gasteiger partial charge in [0, 0.05) is 10.2 Å². The molecule has 0 heterocycles. The Balaban J connectivity index is 2.30. The Morgan fingerprint density at radius 1 is 1.16 bits per heavy atom. The van der Waals surface area contributed by atoms with E-state index >= 15 is 0 Å². The second-order valence-corrected chi connectivity index (χ2v) is 6.94. The maximum absolute atomic E-state index is 12.5. The molecule has 2 aromatic carbocycles. The highest BCUT2D eigenvalue weighted by Gasteiger charge is 2.11. The minimum Gasteiger partial charge on any atom is -0.398 e. The molecule has 0 amide bonds. The molecule has 2 nitrogen and oxygen atoms in total. The van der Waals surface area contributed by atoms with Gasteiger partial charge in [-0.2, -0.15) is 0 Å². The van der Waals surface area contributed by atoms with Crippen LogP contribution in [0, 0.1) is 13.8 Å². The topological polar surface area (TPSA) is 43.1 Å². The summed E-state index contributed by atoms with van der Waals surface area (Å²) >= 11 is 3.39. The molecule has 0 spiro atoms. The molecule has 4 heteroatoms. The molecule has 1 unspecified atom stereocenters. The van der Waals surface area contributed by atoms with E-state index in [-0.39, 0.29) is 0 Å². The molecule has 2 aromatic rings. The van der Waals surface area contributed by atoms with Crippen molar-refractivity contribution < 1.29 is 4.21 Å². The lowest BCUT2D eigenvalue weighted by molar-refractivity contribution is 0.682. The van der Waals surface area contributed by atoms with Gasteiger partial charge >= 0.3 is 0 Å². The minimum atomic E-state index is -1.13. The van der Waals surface area contributed by atoms with Crippen molar-refractivity contribution in [2.45, 2.75) is 24.5 Å². The number of anilines is 1. The van der Waals surface area contributed by atoms with Gasteiger partial charge in [0.15, 0.2) is 0 Å². The molecule has 19 heavy (non-hydrogen) atoms. The Bertz CT molecular complexity index is 640. The molecule has 0 aromatic heterocycles. The maximum Gasteiger partial charge on any atom is 0.0632 e. The third kappa shape index (κ3) is 3.45. The zero-order chi connectivity index (χ0) is 14.0. The number of nitrogens with two attached hydrogens (primary N) is 1. The predicted octanol–water partition coefficient (Wildman–Crippen LogP) is 3.96. The number of hydrogen-bond donors (Lipinski definition) is 1. The second-order valence-electron chi connectivity index (χ2n) is 4.60. The number of hydrogen-bond acceptors (Lipinski definition) is 2. The minimum absolute atomic E-state index is 0.494. The summed E-state index contributed by atoms with van der Waals surface area (Å²) in [7, 11) is -1.13. The van der Waals surface area contributed by atoms with Gasteiger partial charge in [-0.05, 0) is 43.2 Å². The van der Waals surface area contributed by atoms with Crippen LogP contribution in [0.4, 0.5) is 5.69 Å². The molecule has 0 aliphatic carbocycles. The normalized spacial score (nSPS) is 12.4. The maximum atomic E-state index is 12.5. The van der Waals surface area contributed by atoms with Crippen molar-refractivity contribution in [3.8, 4) is 0 Å². The Morgan fingerprint density at radius 3 is 2.63 bits per heavy atom. The van der Waals surface area contributed by atoms with Crippen LogP contribution in [0.3, 0.4) is 0 Å². The third-order valence-corrected chi connectivity index (χ3v) is 4.92. The largest absolute Gasteiger partial charge is 0.398 e. The van der Waals surface area contributed by atoms with Gasteiger partial charge in [0.05, 0.1) is 21.4 Å². The van der Waals surface area contributed by atoms with Gasteiger partial charge in [-0.3, -0.25) is 4.21 Å². The number of rotatable bonds is 3. The zero-order valence-electron chi connectivity index (χ0n) is 10.9. The monoisotopic (exact) mass is 337 g/mol. The molecule has 2 rings (SSSR count). The number of nitrogen functional groups attached to an aromatic ring is 1. The van der Waals surface area contributed by atoms with E-state index in [1.807, 2.05) is 26.0 Å². The Kier molecular flexibility index (Phi) is 4.42. The van der Waals surface area contributed by atoms with Crippen LogP contribution in [0.5, 0.6) is 0 Å². The fraction of sp³-hybridized carbons (Fsp3) is 0.200. The van der Waals surface area contributed by atoms with E-state index < -0.39 is 10.8 Å². The van der Waals surface area contributed by atoms with Gasteiger partial charge in [0.2, 0.25) is 0 Å². The molecule has 0 saturated carbocycles. The van der Waals surface area contributed by atoms with Crippen LogP contribution < -0.4 is 5.73 Å². The van der Waals surface area contributed by atoms with Crippen molar-refractivity contribution in [2.24, 2.45) is 0 Å². The zero-order valence-corrected chi connectivity index (χ0v) is 13.3. The first-order valence-electron chi connectivity index (χ1n) is 5.97. The summed E-state index contributed by atoms with van der Waals surface area (Å²) in [6.45, 7) is 4.08. The average Bonchev–Trinajstić information content (AvgIpc) is 2.36. The highest BCUT2D eigenvalue weighted by atomic mass is 79.9. The van der Waals surface area contributed by atoms with Gasteiger partial charge in [-0.25, -0.2) is 0 Å². The SMILES string of the molecule is Cc1ccc(C)c(CS(=O)c2cc(Br)ccc2N)c1. The van der Waals surface area contributed by atoms with Crippen LogP contribution in [0.2, 0.25) is 0 Å². The van der Waals surface area contributed by atoms with E-state index in [1.165, 1.54) is 5.56 Å². The first kappa shape index (κ1) is 14.3. The van der Waals surface area contributed by atoms with E-state index in [4.69, 9.17) is 5.73 Å². The van der Waals surface area contributed by atoms with Crippen LogP contribution in [0.15, 0.2) is 45.8 Å². The standard InChI is InChI=1S/C15H16BrNOS/c1-10-3-4-11(2)12(7-10)9-19(18)15-8-13(16)5-6-14(15)17/h3-8H,9,17H2,1-2H3. The average molecular weight is 338 g/mol. The van der Waals surface area contributed by atoms with E-state index in [9.17, 15) is 4.21 Å². The number of halogens is 1. The third-order valence-electron chi connectivity index (χ3n) is 3.01.